The Bertz CT molecular complexity index is 588. The van der Waals surface area contributed by atoms with Gasteiger partial charge < -0.3 is 10.2 Å². The molecule has 2 aliphatic rings. The Kier molecular flexibility index (Phi) is 5.76. The molecule has 1 aromatic rings. The maximum absolute atomic E-state index is 12.6. The van der Waals surface area contributed by atoms with Crippen molar-refractivity contribution in [2.24, 2.45) is 0 Å². The number of pyridine rings is 1. The number of nitrogens with one attached hydrogen (secondary N) is 1. The Morgan fingerprint density at radius 2 is 2.04 bits per heavy atom. The van der Waals surface area contributed by atoms with Crippen LogP contribution in [0.5, 0.6) is 0 Å². The number of amides is 1. The number of carbonyl (C=O) groups is 1. The van der Waals surface area contributed by atoms with Crippen molar-refractivity contribution in [1.29, 1.82) is 0 Å². The summed E-state index contributed by atoms with van der Waals surface area (Å²) in [6.45, 7) is 1.26. The van der Waals surface area contributed by atoms with E-state index in [2.05, 4.69) is 10.3 Å². The van der Waals surface area contributed by atoms with E-state index in [0.29, 0.717) is 29.9 Å². The van der Waals surface area contributed by atoms with Gasteiger partial charge in [-0.25, -0.2) is 4.98 Å². The van der Waals surface area contributed by atoms with Gasteiger partial charge in [0.2, 0.25) is 5.91 Å². The number of alkyl halides is 3. The fourth-order valence-electron chi connectivity index (χ4n) is 3.34. The van der Waals surface area contributed by atoms with Crippen molar-refractivity contribution >= 4 is 23.5 Å². The summed E-state index contributed by atoms with van der Waals surface area (Å²) >= 11 is 1.73. The molecule has 0 bridgehead atoms. The van der Waals surface area contributed by atoms with E-state index in [4.69, 9.17) is 0 Å². The highest BCUT2D eigenvalue weighted by Crippen LogP contribution is 2.30. The molecule has 1 saturated heterocycles. The Labute approximate surface area is 149 Å². The van der Waals surface area contributed by atoms with Crippen molar-refractivity contribution in [3.05, 3.63) is 23.9 Å². The second kappa shape index (κ2) is 7.85. The van der Waals surface area contributed by atoms with Crippen LogP contribution in [0.1, 0.15) is 37.7 Å². The third-order valence-electron chi connectivity index (χ3n) is 4.70. The van der Waals surface area contributed by atoms with Gasteiger partial charge in [-0.2, -0.15) is 13.2 Å². The second-order valence-corrected chi connectivity index (χ2v) is 7.91. The fraction of sp³-hybridized carbons (Fsp3) is 0.647. The molecule has 25 heavy (non-hydrogen) atoms. The first-order chi connectivity index (χ1) is 11.9. The number of thioether (sulfide) groups is 1. The molecule has 1 saturated carbocycles. The lowest BCUT2D eigenvalue weighted by molar-refractivity contribution is -0.137. The van der Waals surface area contributed by atoms with Crippen molar-refractivity contribution in [3.8, 4) is 0 Å². The topological polar surface area (TPSA) is 45.2 Å². The predicted molar refractivity (Wildman–Crippen MR) is 92.7 cm³/mol. The number of nitrogens with zero attached hydrogens (tertiary/aromatic N) is 2. The molecule has 138 valence electrons. The third-order valence-corrected chi connectivity index (χ3v) is 6.08. The maximum Gasteiger partial charge on any atom is 0.417 e. The molecule has 1 aliphatic carbocycles. The van der Waals surface area contributed by atoms with Crippen LogP contribution in [-0.2, 0) is 11.0 Å². The van der Waals surface area contributed by atoms with Crippen LogP contribution in [0.15, 0.2) is 18.3 Å². The number of rotatable bonds is 5. The van der Waals surface area contributed by atoms with Crippen molar-refractivity contribution < 1.29 is 18.0 Å². The average Bonchev–Trinajstić information content (AvgIpc) is 3.24. The number of carbonyl (C=O) groups excluding carboxylic acids is 1. The number of halogens is 3. The molecule has 0 spiro atoms. The zero-order valence-corrected chi connectivity index (χ0v) is 14.7. The van der Waals surface area contributed by atoms with Gasteiger partial charge in [-0.3, -0.25) is 4.79 Å². The molecule has 1 aromatic heterocycles. The molecule has 2 heterocycles. The molecular formula is C17H22F3N3OS. The Morgan fingerprint density at radius 1 is 1.28 bits per heavy atom. The first-order valence-corrected chi connectivity index (χ1v) is 9.66. The molecule has 2 fully saturated rings. The normalized spacial score (nSPS) is 21.7. The summed E-state index contributed by atoms with van der Waals surface area (Å²) in [6, 6.07) is 2.47. The van der Waals surface area contributed by atoms with Gasteiger partial charge in [0.15, 0.2) is 0 Å². The average molecular weight is 373 g/mol. The van der Waals surface area contributed by atoms with Crippen LogP contribution in [0.25, 0.3) is 0 Å². The van der Waals surface area contributed by atoms with Gasteiger partial charge in [0.05, 0.1) is 11.3 Å². The molecule has 0 radical (unpaired) electrons. The van der Waals surface area contributed by atoms with E-state index in [1.807, 2.05) is 4.90 Å². The standard InChI is InChI=1S/C17H22F3N3OS/c18-17(19,20)12-5-6-15(21-9-12)23-8-7-13(10-23)22-16(24)11-25-14-3-1-2-4-14/h5-6,9,13-14H,1-4,7-8,10-11H2,(H,22,24). The molecular weight excluding hydrogens is 351 g/mol. The summed E-state index contributed by atoms with van der Waals surface area (Å²) in [5.74, 6) is 1.05. The summed E-state index contributed by atoms with van der Waals surface area (Å²) in [4.78, 5) is 17.9. The molecule has 3 rings (SSSR count). The van der Waals surface area contributed by atoms with Crippen LogP contribution < -0.4 is 10.2 Å². The second-order valence-electron chi connectivity index (χ2n) is 6.62. The molecule has 4 nitrogen and oxygen atoms in total. The number of hydrogen-bond donors (Lipinski definition) is 1. The van der Waals surface area contributed by atoms with Crippen molar-refractivity contribution in [1.82, 2.24) is 10.3 Å². The number of aromatic nitrogens is 1. The van der Waals surface area contributed by atoms with Crippen LogP contribution in [0.4, 0.5) is 19.0 Å². The lowest BCUT2D eigenvalue weighted by Crippen LogP contribution is -2.38. The van der Waals surface area contributed by atoms with Crippen LogP contribution in [-0.4, -0.2) is 41.0 Å². The summed E-state index contributed by atoms with van der Waals surface area (Å²) in [5.41, 5.74) is -0.746. The minimum atomic E-state index is -4.37. The molecule has 1 amide bonds. The van der Waals surface area contributed by atoms with E-state index in [9.17, 15) is 18.0 Å². The predicted octanol–water partition coefficient (Wildman–Crippen LogP) is 3.47. The van der Waals surface area contributed by atoms with Crippen LogP contribution in [0, 0.1) is 0 Å². The van der Waals surface area contributed by atoms with E-state index < -0.39 is 11.7 Å². The summed E-state index contributed by atoms with van der Waals surface area (Å²) in [5, 5.41) is 3.64. The van der Waals surface area contributed by atoms with E-state index in [1.54, 1.807) is 11.8 Å². The number of anilines is 1. The van der Waals surface area contributed by atoms with Crippen molar-refractivity contribution in [2.45, 2.75) is 49.6 Å². The lowest BCUT2D eigenvalue weighted by Gasteiger charge is -2.18. The van der Waals surface area contributed by atoms with E-state index >= 15 is 0 Å². The molecule has 0 aromatic carbocycles. The smallest absolute Gasteiger partial charge is 0.354 e. The summed E-state index contributed by atoms with van der Waals surface area (Å²) in [7, 11) is 0. The summed E-state index contributed by atoms with van der Waals surface area (Å²) < 4.78 is 37.8. The summed E-state index contributed by atoms with van der Waals surface area (Å²) in [6.07, 6.45) is 2.20. The molecule has 1 atom stereocenters. The highest BCUT2D eigenvalue weighted by molar-refractivity contribution is 8.00. The third kappa shape index (κ3) is 5.03. The van der Waals surface area contributed by atoms with Gasteiger partial charge in [-0.05, 0) is 31.4 Å². The zero-order valence-electron chi connectivity index (χ0n) is 13.9. The molecule has 1 aliphatic heterocycles. The fourth-order valence-corrected chi connectivity index (χ4v) is 4.48. The SMILES string of the molecule is O=C(CSC1CCCC1)NC1CCN(c2ccc(C(F)(F)F)cn2)C1. The van der Waals surface area contributed by atoms with Gasteiger partial charge in [0, 0.05) is 30.6 Å². The maximum atomic E-state index is 12.6. The van der Waals surface area contributed by atoms with Gasteiger partial charge in [-0.1, -0.05) is 12.8 Å². The Morgan fingerprint density at radius 3 is 2.68 bits per heavy atom. The van der Waals surface area contributed by atoms with Crippen molar-refractivity contribution in [3.63, 3.8) is 0 Å². The van der Waals surface area contributed by atoms with Gasteiger partial charge in [-0.15, -0.1) is 11.8 Å². The van der Waals surface area contributed by atoms with Gasteiger partial charge in [0.1, 0.15) is 5.82 Å². The minimum Gasteiger partial charge on any atom is -0.354 e. The van der Waals surface area contributed by atoms with E-state index in [0.717, 1.165) is 18.7 Å². The zero-order chi connectivity index (χ0) is 17.9. The Hall–Kier alpha value is -1.44. The monoisotopic (exact) mass is 373 g/mol. The van der Waals surface area contributed by atoms with Gasteiger partial charge >= 0.3 is 6.18 Å². The van der Waals surface area contributed by atoms with E-state index in [-0.39, 0.29) is 11.9 Å². The molecule has 8 heteroatoms. The first-order valence-electron chi connectivity index (χ1n) is 8.61. The van der Waals surface area contributed by atoms with Gasteiger partial charge in [0.25, 0.3) is 0 Å². The quantitative estimate of drug-likeness (QED) is 0.858. The van der Waals surface area contributed by atoms with Crippen LogP contribution in [0.3, 0.4) is 0 Å². The highest BCUT2D eigenvalue weighted by Gasteiger charge is 2.31. The van der Waals surface area contributed by atoms with Crippen molar-refractivity contribution in [2.75, 3.05) is 23.7 Å². The highest BCUT2D eigenvalue weighted by atomic mass is 32.2. The molecule has 1 N–H and O–H groups in total. The first kappa shape index (κ1) is 18.4. The van der Waals surface area contributed by atoms with Crippen LogP contribution >= 0.6 is 11.8 Å². The lowest BCUT2D eigenvalue weighted by atomic mass is 10.2. The van der Waals surface area contributed by atoms with Crippen LogP contribution in [0.2, 0.25) is 0 Å². The largest absolute Gasteiger partial charge is 0.417 e. The molecule has 1 unspecified atom stereocenters. The number of hydrogen-bond acceptors (Lipinski definition) is 4. The minimum absolute atomic E-state index is 0.0285. The Balaban J connectivity index is 1.45. The van der Waals surface area contributed by atoms with E-state index in [1.165, 1.54) is 31.7 Å².